The fourth-order valence-corrected chi connectivity index (χ4v) is 7.67. The number of amides is 1. The minimum Gasteiger partial charge on any atom is -0.442 e. The number of terminal acetylenes is 1. The summed E-state index contributed by atoms with van der Waals surface area (Å²) in [6.07, 6.45) is 6.25. The highest BCUT2D eigenvalue weighted by atomic mass is 35.5. The minimum atomic E-state index is -3.60. The number of nitrogens with one attached hydrogen (secondary N) is 1. The number of thiophene rings is 1. The van der Waals surface area contributed by atoms with Gasteiger partial charge in [-0.3, -0.25) is 0 Å². The van der Waals surface area contributed by atoms with Gasteiger partial charge in [-0.2, -0.15) is 4.99 Å². The van der Waals surface area contributed by atoms with Gasteiger partial charge in [-0.15, -0.1) is 17.8 Å². The number of hydrogen-bond donors (Lipinski definition) is 1. The Hall–Kier alpha value is -1.56. The van der Waals surface area contributed by atoms with E-state index in [4.69, 9.17) is 22.8 Å². The van der Waals surface area contributed by atoms with Gasteiger partial charge in [0.1, 0.15) is 16.2 Å². The number of ether oxygens (including phenoxy) is 1. The molecule has 1 amide bonds. The van der Waals surface area contributed by atoms with Gasteiger partial charge in [0.2, 0.25) is 0 Å². The Balaban J connectivity index is 2.07. The van der Waals surface area contributed by atoms with Gasteiger partial charge in [0.05, 0.1) is 26.1 Å². The van der Waals surface area contributed by atoms with Crippen LogP contribution < -0.4 is 5.32 Å². The van der Waals surface area contributed by atoms with Gasteiger partial charge in [0.15, 0.2) is 9.84 Å². The van der Waals surface area contributed by atoms with E-state index in [0.717, 1.165) is 6.42 Å². The van der Waals surface area contributed by atoms with Crippen LogP contribution in [-0.4, -0.2) is 36.4 Å². The number of nitrogens with zero attached hydrogens (tertiary/aromatic N) is 1. The van der Waals surface area contributed by atoms with E-state index in [1.165, 1.54) is 11.3 Å². The molecule has 2 heterocycles. The summed E-state index contributed by atoms with van der Waals surface area (Å²) < 4.78 is 30.7. The second-order valence-electron chi connectivity index (χ2n) is 8.44. The predicted octanol–water partition coefficient (Wildman–Crippen LogP) is 3.87. The van der Waals surface area contributed by atoms with E-state index in [-0.39, 0.29) is 11.6 Å². The van der Waals surface area contributed by atoms with Crippen molar-refractivity contribution in [3.8, 4) is 12.3 Å². The summed E-state index contributed by atoms with van der Waals surface area (Å²) in [4.78, 5) is 17.6. The fraction of sp³-hybridized carbons (Fsp3) is 0.579. The Morgan fingerprint density at radius 1 is 1.43 bits per heavy atom. The molecule has 1 aromatic heterocycles. The molecule has 0 unspecified atom stereocenters. The van der Waals surface area contributed by atoms with Gasteiger partial charge in [0.25, 0.3) is 0 Å². The summed E-state index contributed by atoms with van der Waals surface area (Å²) in [6, 6.07) is 1.64. The topological polar surface area (TPSA) is 84.8 Å². The van der Waals surface area contributed by atoms with E-state index in [0.29, 0.717) is 27.6 Å². The highest BCUT2D eigenvalue weighted by molar-refractivity contribution is 7.93. The number of carbonyl (C=O) groups is 1. The fourth-order valence-electron chi connectivity index (χ4n) is 3.57. The van der Waals surface area contributed by atoms with Gasteiger partial charge >= 0.3 is 6.09 Å². The molecule has 3 rings (SSSR count). The third-order valence-electron chi connectivity index (χ3n) is 4.99. The van der Waals surface area contributed by atoms with E-state index < -0.39 is 31.8 Å². The zero-order valence-electron chi connectivity index (χ0n) is 16.3. The first kappa shape index (κ1) is 21.2. The monoisotopic (exact) mass is 442 g/mol. The predicted molar refractivity (Wildman–Crippen MR) is 112 cm³/mol. The molecule has 0 aromatic carbocycles. The summed E-state index contributed by atoms with van der Waals surface area (Å²) in [5.41, 5.74) is -1.78. The van der Waals surface area contributed by atoms with E-state index in [2.05, 4.69) is 16.2 Å². The van der Waals surface area contributed by atoms with Crippen molar-refractivity contribution in [3.05, 3.63) is 20.8 Å². The SMILES string of the molecule is C#Cc1cc(Cl)c([C@]2(C)CS(=O)(=O)C3(CCC3)/C(=N/C(=O)OC(C)(C)C)N2)s1. The molecule has 28 heavy (non-hydrogen) atoms. The Labute approximate surface area is 174 Å². The lowest BCUT2D eigenvalue weighted by atomic mass is 9.81. The molecule has 1 aliphatic carbocycles. The lowest BCUT2D eigenvalue weighted by Gasteiger charge is -2.50. The quantitative estimate of drug-likeness (QED) is 0.667. The standard InChI is InChI=1S/C19H23ClN2O4S2/c1-6-12-10-13(20)14(27-12)18(5)11-28(24,25)19(8-7-9-19)15(22-18)21-16(23)26-17(2,3)4/h1,10H,7-9,11H2,2-5H3,(H,21,22,23)/t18-/m0/s1. The van der Waals surface area contributed by atoms with Crippen molar-refractivity contribution in [1.82, 2.24) is 5.32 Å². The molecule has 1 atom stereocenters. The first-order valence-electron chi connectivity index (χ1n) is 8.91. The number of sulfone groups is 1. The summed E-state index contributed by atoms with van der Waals surface area (Å²) >= 11 is 7.60. The highest BCUT2D eigenvalue weighted by Crippen LogP contribution is 2.48. The maximum Gasteiger partial charge on any atom is 0.435 e. The Morgan fingerprint density at radius 3 is 2.54 bits per heavy atom. The van der Waals surface area contributed by atoms with Gasteiger partial charge in [-0.25, -0.2) is 13.2 Å². The second-order valence-corrected chi connectivity index (χ2v) is 12.2. The van der Waals surface area contributed by atoms with E-state index in [1.807, 2.05) is 0 Å². The second kappa shape index (κ2) is 6.75. The van der Waals surface area contributed by atoms with Crippen molar-refractivity contribution >= 4 is 44.7 Å². The number of hydrogen-bond acceptors (Lipinski definition) is 5. The molecule has 2 aliphatic rings. The molecule has 6 nitrogen and oxygen atoms in total. The number of amidine groups is 1. The van der Waals surface area contributed by atoms with Gasteiger partial charge in [-0.1, -0.05) is 17.5 Å². The molecular weight excluding hydrogens is 420 g/mol. The Kier molecular flexibility index (Phi) is 5.10. The van der Waals surface area contributed by atoms with Crippen LogP contribution in [0.4, 0.5) is 4.79 Å². The molecule has 0 radical (unpaired) electrons. The maximum absolute atomic E-state index is 13.3. The molecule has 1 aliphatic heterocycles. The molecule has 1 aromatic rings. The van der Waals surface area contributed by atoms with Crippen LogP contribution in [0.5, 0.6) is 0 Å². The number of halogens is 1. The zero-order valence-corrected chi connectivity index (χ0v) is 18.6. The molecule has 1 N–H and O–H groups in total. The Morgan fingerprint density at radius 2 is 2.07 bits per heavy atom. The van der Waals surface area contributed by atoms with E-state index >= 15 is 0 Å². The van der Waals surface area contributed by atoms with Crippen LogP contribution >= 0.6 is 22.9 Å². The average molecular weight is 443 g/mol. The van der Waals surface area contributed by atoms with E-state index in [1.54, 1.807) is 33.8 Å². The summed E-state index contributed by atoms with van der Waals surface area (Å²) in [5.74, 6) is 2.50. The van der Waals surface area contributed by atoms with Crippen molar-refractivity contribution < 1.29 is 17.9 Å². The van der Waals surface area contributed by atoms with Crippen LogP contribution in [0.15, 0.2) is 11.1 Å². The van der Waals surface area contributed by atoms with Crippen LogP contribution in [0.3, 0.4) is 0 Å². The van der Waals surface area contributed by atoms with Crippen LogP contribution in [0, 0.1) is 12.3 Å². The molecule has 2 fully saturated rings. The van der Waals surface area contributed by atoms with Crippen LogP contribution in [-0.2, 0) is 20.1 Å². The molecular formula is C19H23ClN2O4S2. The third-order valence-corrected chi connectivity index (χ3v) is 9.48. The smallest absolute Gasteiger partial charge is 0.435 e. The number of rotatable bonds is 1. The third kappa shape index (κ3) is 3.56. The summed E-state index contributed by atoms with van der Waals surface area (Å²) in [7, 11) is -3.60. The first-order chi connectivity index (χ1) is 12.8. The van der Waals surface area contributed by atoms with Gasteiger partial charge in [-0.05, 0) is 53.0 Å². The molecule has 1 spiro atoms. The lowest BCUT2D eigenvalue weighted by Crippen LogP contribution is -2.68. The maximum atomic E-state index is 13.3. The van der Waals surface area contributed by atoms with Crippen LogP contribution in [0.1, 0.15) is 56.7 Å². The average Bonchev–Trinajstić information content (AvgIpc) is 2.83. The highest BCUT2D eigenvalue weighted by Gasteiger charge is 2.60. The molecule has 1 saturated carbocycles. The largest absolute Gasteiger partial charge is 0.442 e. The van der Waals surface area contributed by atoms with Crippen molar-refractivity contribution in [2.75, 3.05) is 5.75 Å². The molecule has 152 valence electrons. The van der Waals surface area contributed by atoms with E-state index in [9.17, 15) is 13.2 Å². The molecule has 0 bridgehead atoms. The normalized spacial score (nSPS) is 26.9. The van der Waals surface area contributed by atoms with Gasteiger partial charge < -0.3 is 10.1 Å². The molecule has 1 saturated heterocycles. The Bertz CT molecular complexity index is 994. The van der Waals surface area contributed by atoms with Crippen LogP contribution in [0.2, 0.25) is 5.02 Å². The summed E-state index contributed by atoms with van der Waals surface area (Å²) in [5, 5.41) is 3.61. The van der Waals surface area contributed by atoms with Crippen molar-refractivity contribution in [2.24, 2.45) is 4.99 Å². The first-order valence-corrected chi connectivity index (χ1v) is 11.8. The van der Waals surface area contributed by atoms with Crippen molar-refractivity contribution in [3.63, 3.8) is 0 Å². The summed E-state index contributed by atoms with van der Waals surface area (Å²) in [6.45, 7) is 6.92. The zero-order chi connectivity index (χ0) is 21.0. The van der Waals surface area contributed by atoms with Crippen molar-refractivity contribution in [1.29, 1.82) is 0 Å². The molecule has 9 heteroatoms. The number of carbonyl (C=O) groups excluding carboxylic acids is 1. The minimum absolute atomic E-state index is 0.133. The van der Waals surface area contributed by atoms with Crippen molar-refractivity contribution in [2.45, 2.75) is 62.8 Å². The lowest BCUT2D eigenvalue weighted by molar-refractivity contribution is 0.0602. The number of aliphatic imine (C=N–C) groups is 1. The van der Waals surface area contributed by atoms with Crippen LogP contribution in [0.25, 0.3) is 0 Å². The van der Waals surface area contributed by atoms with Gasteiger partial charge in [0, 0.05) is 0 Å².